The van der Waals surface area contributed by atoms with Crippen LogP contribution < -0.4 is 4.90 Å². The van der Waals surface area contributed by atoms with E-state index in [1.165, 1.54) is 11.1 Å². The molecule has 3 aromatic rings. The third-order valence-electron chi connectivity index (χ3n) is 4.92. The lowest BCUT2D eigenvalue weighted by Gasteiger charge is -2.25. The summed E-state index contributed by atoms with van der Waals surface area (Å²) in [6.07, 6.45) is 0. The Kier molecular flexibility index (Phi) is 8.88. The average Bonchev–Trinajstić information content (AvgIpc) is 3.09. The van der Waals surface area contributed by atoms with Crippen molar-refractivity contribution in [2.75, 3.05) is 31.1 Å². The molecule has 0 radical (unpaired) electrons. The Bertz CT molecular complexity index is 987. The van der Waals surface area contributed by atoms with Gasteiger partial charge < -0.3 is 4.90 Å². The van der Waals surface area contributed by atoms with E-state index in [0.29, 0.717) is 6.54 Å². The van der Waals surface area contributed by atoms with Crippen LogP contribution in [0.4, 0.5) is 5.13 Å². The van der Waals surface area contributed by atoms with Crippen LogP contribution in [0.3, 0.4) is 0 Å². The summed E-state index contributed by atoms with van der Waals surface area (Å²) in [5.41, 5.74) is 4.11. The van der Waals surface area contributed by atoms with Gasteiger partial charge in [-0.2, -0.15) is 0 Å². The van der Waals surface area contributed by atoms with Gasteiger partial charge in [-0.15, -0.1) is 12.4 Å². The lowest BCUT2D eigenvalue weighted by molar-refractivity contribution is 0.0983. The Morgan fingerprint density at radius 3 is 2.45 bits per heavy atom. The van der Waals surface area contributed by atoms with E-state index in [-0.39, 0.29) is 18.3 Å². The van der Waals surface area contributed by atoms with E-state index in [9.17, 15) is 4.79 Å². The number of thiazole rings is 1. The molecular formula is C22H27ClIN3OS. The summed E-state index contributed by atoms with van der Waals surface area (Å²) in [5.74, 6) is 0.0191. The van der Waals surface area contributed by atoms with Gasteiger partial charge in [0.25, 0.3) is 5.91 Å². The molecule has 0 aliphatic rings. The maximum atomic E-state index is 13.5. The van der Waals surface area contributed by atoms with Gasteiger partial charge in [0.05, 0.1) is 15.8 Å². The second-order valence-electron chi connectivity index (χ2n) is 6.89. The van der Waals surface area contributed by atoms with Crippen LogP contribution in [0.1, 0.15) is 35.3 Å². The molecule has 0 saturated carbocycles. The van der Waals surface area contributed by atoms with Gasteiger partial charge in [0, 0.05) is 16.7 Å². The van der Waals surface area contributed by atoms with E-state index in [0.717, 1.165) is 44.1 Å². The van der Waals surface area contributed by atoms with Gasteiger partial charge in [0.2, 0.25) is 0 Å². The molecule has 7 heteroatoms. The van der Waals surface area contributed by atoms with Gasteiger partial charge in [-0.3, -0.25) is 9.69 Å². The Morgan fingerprint density at radius 2 is 1.79 bits per heavy atom. The fourth-order valence-corrected chi connectivity index (χ4v) is 4.98. The Hall–Kier alpha value is -1.22. The summed E-state index contributed by atoms with van der Waals surface area (Å²) < 4.78 is 2.12. The summed E-state index contributed by atoms with van der Waals surface area (Å²) in [6.45, 7) is 11.9. The number of carbonyl (C=O) groups excluding carboxylic acids is 1. The average molecular weight is 544 g/mol. The third-order valence-corrected chi connectivity index (χ3v) is 7.09. The minimum absolute atomic E-state index is 0. The zero-order valence-electron chi connectivity index (χ0n) is 17.2. The molecule has 0 aliphatic carbocycles. The maximum Gasteiger partial charge on any atom is 0.261 e. The summed E-state index contributed by atoms with van der Waals surface area (Å²) in [7, 11) is 0. The molecule has 0 unspecified atom stereocenters. The van der Waals surface area contributed by atoms with Gasteiger partial charge in [-0.1, -0.05) is 43.4 Å². The van der Waals surface area contributed by atoms with Crippen molar-refractivity contribution in [3.8, 4) is 0 Å². The van der Waals surface area contributed by atoms with Crippen molar-refractivity contribution >= 4 is 67.6 Å². The van der Waals surface area contributed by atoms with Gasteiger partial charge in [0.1, 0.15) is 0 Å². The quantitative estimate of drug-likeness (QED) is 0.347. The number of anilines is 1. The Morgan fingerprint density at radius 1 is 1.10 bits per heavy atom. The van der Waals surface area contributed by atoms with Crippen LogP contribution >= 0.6 is 46.3 Å². The fraction of sp³-hybridized carbons (Fsp3) is 0.364. The monoisotopic (exact) mass is 543 g/mol. The van der Waals surface area contributed by atoms with E-state index < -0.39 is 0 Å². The Labute approximate surface area is 196 Å². The molecule has 0 aliphatic heterocycles. The standard InChI is InChI=1S/C22H26IN3OS.ClH/c1-5-25(6-2)11-12-26(21(27)17-9-7-8-10-18(17)23)22-24-19-14-15(3)13-16(4)20(19)28-22;/h7-10,13-14H,5-6,11-12H2,1-4H3;1H. The number of carbonyl (C=O) groups is 1. The highest BCUT2D eigenvalue weighted by molar-refractivity contribution is 14.1. The Balaban J connectivity index is 0.00000300. The minimum atomic E-state index is 0. The molecule has 29 heavy (non-hydrogen) atoms. The molecule has 1 aromatic heterocycles. The normalized spacial score (nSPS) is 11.0. The zero-order chi connectivity index (χ0) is 20.3. The van der Waals surface area contributed by atoms with Gasteiger partial charge in [-0.25, -0.2) is 4.98 Å². The van der Waals surface area contributed by atoms with E-state index in [1.54, 1.807) is 11.3 Å². The first-order chi connectivity index (χ1) is 13.4. The molecule has 0 N–H and O–H groups in total. The van der Waals surface area contributed by atoms with Crippen molar-refractivity contribution in [3.05, 3.63) is 56.7 Å². The third kappa shape index (κ3) is 5.48. The molecule has 1 heterocycles. The first-order valence-corrected chi connectivity index (χ1v) is 11.5. The van der Waals surface area contributed by atoms with Crippen LogP contribution in [0.25, 0.3) is 10.2 Å². The minimum Gasteiger partial charge on any atom is -0.302 e. The van der Waals surface area contributed by atoms with Crippen molar-refractivity contribution in [2.45, 2.75) is 27.7 Å². The molecule has 0 atom stereocenters. The molecule has 156 valence electrons. The van der Waals surface area contributed by atoms with Crippen molar-refractivity contribution in [1.82, 2.24) is 9.88 Å². The van der Waals surface area contributed by atoms with E-state index in [2.05, 4.69) is 67.3 Å². The number of halogens is 2. The van der Waals surface area contributed by atoms with Crippen molar-refractivity contribution in [2.24, 2.45) is 0 Å². The number of likely N-dealkylation sites (N-methyl/N-ethyl adjacent to an activating group) is 1. The first kappa shape index (κ1) is 24.1. The molecule has 0 spiro atoms. The maximum absolute atomic E-state index is 13.5. The zero-order valence-corrected chi connectivity index (χ0v) is 21.0. The number of hydrogen-bond donors (Lipinski definition) is 0. The number of rotatable bonds is 7. The SMILES string of the molecule is CCN(CC)CCN(C(=O)c1ccccc1I)c1nc2cc(C)cc(C)c2s1.Cl. The molecule has 4 nitrogen and oxygen atoms in total. The van der Waals surface area contributed by atoms with Crippen LogP contribution in [0.5, 0.6) is 0 Å². The number of benzene rings is 2. The van der Waals surface area contributed by atoms with E-state index in [1.807, 2.05) is 29.2 Å². The molecule has 0 saturated heterocycles. The molecule has 0 fully saturated rings. The predicted molar refractivity (Wildman–Crippen MR) is 135 cm³/mol. The molecule has 2 aromatic carbocycles. The van der Waals surface area contributed by atoms with Crippen molar-refractivity contribution in [1.29, 1.82) is 0 Å². The summed E-state index contributed by atoms with van der Waals surface area (Å²) in [5, 5.41) is 0.778. The number of hydrogen-bond acceptors (Lipinski definition) is 4. The fourth-order valence-electron chi connectivity index (χ4n) is 3.33. The number of aromatic nitrogens is 1. The lowest BCUT2D eigenvalue weighted by Crippen LogP contribution is -2.39. The molecular weight excluding hydrogens is 517 g/mol. The highest BCUT2D eigenvalue weighted by Crippen LogP contribution is 2.33. The van der Waals surface area contributed by atoms with Crippen LogP contribution in [0, 0.1) is 17.4 Å². The number of aryl methyl sites for hydroxylation is 2. The van der Waals surface area contributed by atoms with E-state index in [4.69, 9.17) is 4.98 Å². The lowest BCUT2D eigenvalue weighted by atomic mass is 10.1. The number of fused-ring (bicyclic) bond motifs is 1. The van der Waals surface area contributed by atoms with E-state index >= 15 is 0 Å². The largest absolute Gasteiger partial charge is 0.302 e. The van der Waals surface area contributed by atoms with Crippen molar-refractivity contribution in [3.63, 3.8) is 0 Å². The van der Waals surface area contributed by atoms with Crippen LogP contribution in [0.2, 0.25) is 0 Å². The van der Waals surface area contributed by atoms with Crippen LogP contribution in [-0.2, 0) is 0 Å². The van der Waals surface area contributed by atoms with Crippen LogP contribution in [0.15, 0.2) is 36.4 Å². The van der Waals surface area contributed by atoms with Crippen LogP contribution in [-0.4, -0.2) is 42.0 Å². The van der Waals surface area contributed by atoms with Gasteiger partial charge in [-0.05, 0) is 78.9 Å². The second kappa shape index (κ2) is 10.7. The number of amides is 1. The summed E-state index contributed by atoms with van der Waals surface area (Å²) in [4.78, 5) is 22.5. The summed E-state index contributed by atoms with van der Waals surface area (Å²) in [6, 6.07) is 12.0. The van der Waals surface area contributed by atoms with Crippen molar-refractivity contribution < 1.29 is 4.79 Å². The summed E-state index contributed by atoms with van der Waals surface area (Å²) >= 11 is 3.84. The van der Waals surface area contributed by atoms with Gasteiger partial charge >= 0.3 is 0 Å². The topological polar surface area (TPSA) is 36.4 Å². The smallest absolute Gasteiger partial charge is 0.261 e. The molecule has 1 amide bonds. The highest BCUT2D eigenvalue weighted by atomic mass is 127. The molecule has 3 rings (SSSR count). The highest BCUT2D eigenvalue weighted by Gasteiger charge is 2.23. The molecule has 0 bridgehead atoms. The van der Waals surface area contributed by atoms with Gasteiger partial charge in [0.15, 0.2) is 5.13 Å². The second-order valence-corrected chi connectivity index (χ2v) is 9.03. The number of nitrogens with zero attached hydrogens (tertiary/aromatic N) is 3. The predicted octanol–water partition coefficient (Wildman–Crippen LogP) is 5.93. The first-order valence-electron chi connectivity index (χ1n) is 9.61.